The smallest absolute Gasteiger partial charge is 0.292 e. The maximum atomic E-state index is 11.9. The summed E-state index contributed by atoms with van der Waals surface area (Å²) in [5, 5.41) is 31.4. The van der Waals surface area contributed by atoms with E-state index >= 15 is 0 Å². The number of hydrogen-bond donors (Lipinski definition) is 3. The van der Waals surface area contributed by atoms with Crippen molar-refractivity contribution in [2.75, 3.05) is 0 Å². The van der Waals surface area contributed by atoms with E-state index in [9.17, 15) is 9.90 Å². The van der Waals surface area contributed by atoms with Crippen LogP contribution in [0.1, 0.15) is 5.56 Å². The van der Waals surface area contributed by atoms with Crippen molar-refractivity contribution in [2.45, 2.75) is 0 Å². The normalized spacial score (nSPS) is 10.7. The SMILES string of the molecule is N#Cc1cccc(N=Nc2c(-c3ccc(O)cc3)[nH][nH]c2=O)c1. The van der Waals surface area contributed by atoms with Gasteiger partial charge in [-0.05, 0) is 42.5 Å². The monoisotopic (exact) mass is 305 g/mol. The zero-order valence-corrected chi connectivity index (χ0v) is 11.8. The molecule has 0 spiro atoms. The number of aromatic hydroxyl groups is 1. The fourth-order valence-electron chi connectivity index (χ4n) is 2.03. The van der Waals surface area contributed by atoms with Gasteiger partial charge >= 0.3 is 0 Å². The topological polar surface area (TPSA) is 117 Å². The van der Waals surface area contributed by atoms with Gasteiger partial charge < -0.3 is 5.11 Å². The summed E-state index contributed by atoms with van der Waals surface area (Å²) in [7, 11) is 0. The van der Waals surface area contributed by atoms with Gasteiger partial charge in [-0.25, -0.2) is 0 Å². The van der Waals surface area contributed by atoms with Gasteiger partial charge in [0.2, 0.25) is 0 Å². The van der Waals surface area contributed by atoms with E-state index in [4.69, 9.17) is 5.26 Å². The van der Waals surface area contributed by atoms with E-state index in [1.165, 1.54) is 12.1 Å². The van der Waals surface area contributed by atoms with Crippen molar-refractivity contribution >= 4 is 11.4 Å². The Labute approximate surface area is 130 Å². The highest BCUT2D eigenvalue weighted by molar-refractivity contribution is 5.71. The number of phenolic OH excluding ortho intramolecular Hbond substituents is 1. The number of benzene rings is 2. The van der Waals surface area contributed by atoms with Gasteiger partial charge in [-0.3, -0.25) is 15.0 Å². The summed E-state index contributed by atoms with van der Waals surface area (Å²) in [5.74, 6) is 0.128. The van der Waals surface area contributed by atoms with Gasteiger partial charge in [0.1, 0.15) is 5.75 Å². The van der Waals surface area contributed by atoms with Gasteiger partial charge in [0.25, 0.3) is 5.56 Å². The third-order valence-corrected chi connectivity index (χ3v) is 3.15. The van der Waals surface area contributed by atoms with Gasteiger partial charge in [-0.15, -0.1) is 5.11 Å². The summed E-state index contributed by atoms with van der Waals surface area (Å²) in [6.07, 6.45) is 0. The number of rotatable bonds is 3. The number of nitrogens with one attached hydrogen (secondary N) is 2. The largest absolute Gasteiger partial charge is 0.508 e. The molecule has 3 rings (SSSR count). The molecule has 0 bridgehead atoms. The molecule has 0 unspecified atom stereocenters. The molecule has 1 aromatic heterocycles. The lowest BCUT2D eigenvalue weighted by Gasteiger charge is -1.99. The van der Waals surface area contributed by atoms with E-state index in [0.29, 0.717) is 22.5 Å². The molecule has 3 N–H and O–H groups in total. The van der Waals surface area contributed by atoms with Crippen LogP contribution >= 0.6 is 0 Å². The zero-order valence-electron chi connectivity index (χ0n) is 11.8. The quantitative estimate of drug-likeness (QED) is 0.644. The molecule has 0 atom stereocenters. The molecule has 0 amide bonds. The van der Waals surface area contributed by atoms with Crippen LogP contribution in [-0.4, -0.2) is 15.3 Å². The molecule has 0 aliphatic heterocycles. The minimum Gasteiger partial charge on any atom is -0.508 e. The second kappa shape index (κ2) is 5.99. The molecular formula is C16H11N5O2. The summed E-state index contributed by atoms with van der Waals surface area (Å²) >= 11 is 0. The van der Waals surface area contributed by atoms with E-state index in [2.05, 4.69) is 20.4 Å². The second-order valence-electron chi connectivity index (χ2n) is 4.71. The van der Waals surface area contributed by atoms with Crippen molar-refractivity contribution in [3.63, 3.8) is 0 Å². The minimum atomic E-state index is -0.409. The van der Waals surface area contributed by atoms with Crippen LogP contribution < -0.4 is 5.56 Å². The molecule has 0 aliphatic carbocycles. The molecular weight excluding hydrogens is 294 g/mol. The van der Waals surface area contributed by atoms with Crippen LogP contribution in [-0.2, 0) is 0 Å². The first kappa shape index (κ1) is 14.3. The number of nitrogens with zero attached hydrogens (tertiary/aromatic N) is 3. The van der Waals surface area contributed by atoms with Gasteiger partial charge in [0, 0.05) is 5.56 Å². The summed E-state index contributed by atoms with van der Waals surface area (Å²) < 4.78 is 0. The summed E-state index contributed by atoms with van der Waals surface area (Å²) in [6.45, 7) is 0. The predicted octanol–water partition coefficient (Wildman–Crippen LogP) is 3.36. The highest BCUT2D eigenvalue weighted by atomic mass is 16.3. The number of aromatic nitrogens is 2. The lowest BCUT2D eigenvalue weighted by Crippen LogP contribution is -1.96. The van der Waals surface area contributed by atoms with E-state index in [1.807, 2.05) is 6.07 Å². The fourth-order valence-corrected chi connectivity index (χ4v) is 2.03. The Morgan fingerprint density at radius 2 is 1.83 bits per heavy atom. The lowest BCUT2D eigenvalue weighted by atomic mass is 10.1. The second-order valence-corrected chi connectivity index (χ2v) is 4.71. The van der Waals surface area contributed by atoms with Gasteiger partial charge in [0.15, 0.2) is 5.69 Å². The van der Waals surface area contributed by atoms with Crippen LogP contribution in [0, 0.1) is 11.3 Å². The zero-order chi connectivity index (χ0) is 16.2. The maximum absolute atomic E-state index is 11.9. The Bertz CT molecular complexity index is 961. The minimum absolute atomic E-state index is 0.123. The summed E-state index contributed by atoms with van der Waals surface area (Å²) in [6, 6.07) is 15.0. The average Bonchev–Trinajstić information content (AvgIpc) is 2.94. The first-order valence-corrected chi connectivity index (χ1v) is 6.69. The molecule has 23 heavy (non-hydrogen) atoms. The molecule has 2 aromatic carbocycles. The molecule has 3 aromatic rings. The predicted molar refractivity (Wildman–Crippen MR) is 83.8 cm³/mol. The Morgan fingerprint density at radius 3 is 2.57 bits per heavy atom. The van der Waals surface area contributed by atoms with Crippen LogP contribution in [0.25, 0.3) is 11.3 Å². The number of H-pyrrole nitrogens is 2. The first-order chi connectivity index (χ1) is 11.2. The molecule has 1 heterocycles. The van der Waals surface area contributed by atoms with E-state index in [0.717, 1.165) is 0 Å². The van der Waals surface area contributed by atoms with E-state index in [-0.39, 0.29) is 11.4 Å². The Balaban J connectivity index is 1.99. The highest BCUT2D eigenvalue weighted by Crippen LogP contribution is 2.27. The van der Waals surface area contributed by atoms with E-state index < -0.39 is 5.56 Å². The lowest BCUT2D eigenvalue weighted by molar-refractivity contribution is 0.475. The van der Waals surface area contributed by atoms with Crippen LogP contribution in [0.2, 0.25) is 0 Å². The van der Waals surface area contributed by atoms with Gasteiger partial charge in [0.05, 0.1) is 23.0 Å². The molecule has 0 saturated carbocycles. The molecule has 112 valence electrons. The fraction of sp³-hybridized carbons (Fsp3) is 0. The highest BCUT2D eigenvalue weighted by Gasteiger charge is 2.11. The number of hydrogen-bond acceptors (Lipinski definition) is 5. The number of phenols is 1. The Morgan fingerprint density at radius 1 is 1.04 bits per heavy atom. The van der Waals surface area contributed by atoms with Crippen LogP contribution in [0.3, 0.4) is 0 Å². The van der Waals surface area contributed by atoms with Crippen molar-refractivity contribution in [2.24, 2.45) is 10.2 Å². The first-order valence-electron chi connectivity index (χ1n) is 6.69. The maximum Gasteiger partial charge on any atom is 0.292 e. The van der Waals surface area contributed by atoms with Crippen molar-refractivity contribution < 1.29 is 5.11 Å². The van der Waals surface area contributed by atoms with Crippen LogP contribution in [0.5, 0.6) is 5.75 Å². The van der Waals surface area contributed by atoms with Gasteiger partial charge in [-0.1, -0.05) is 6.07 Å². The third-order valence-electron chi connectivity index (χ3n) is 3.15. The van der Waals surface area contributed by atoms with E-state index in [1.54, 1.807) is 36.4 Å². The van der Waals surface area contributed by atoms with Crippen molar-refractivity contribution in [3.8, 4) is 23.1 Å². The molecule has 0 fully saturated rings. The summed E-state index contributed by atoms with van der Waals surface area (Å²) in [5.41, 5.74) is 1.80. The molecule has 0 radical (unpaired) electrons. The van der Waals surface area contributed by atoms with Crippen LogP contribution in [0.15, 0.2) is 63.6 Å². The van der Waals surface area contributed by atoms with Crippen molar-refractivity contribution in [1.82, 2.24) is 10.2 Å². The number of azo groups is 1. The van der Waals surface area contributed by atoms with Gasteiger partial charge in [-0.2, -0.15) is 10.4 Å². The third kappa shape index (κ3) is 3.01. The van der Waals surface area contributed by atoms with Crippen LogP contribution in [0.4, 0.5) is 11.4 Å². The average molecular weight is 305 g/mol. The molecule has 7 heteroatoms. The Hall–Kier alpha value is -3.66. The molecule has 7 nitrogen and oxygen atoms in total. The Kier molecular flexibility index (Phi) is 3.72. The summed E-state index contributed by atoms with van der Waals surface area (Å²) in [4.78, 5) is 11.9. The number of aromatic amines is 2. The molecule has 0 saturated heterocycles. The molecule has 0 aliphatic rings. The number of nitriles is 1. The standard InChI is InChI=1S/C16H11N5O2/c17-9-10-2-1-3-12(8-10)18-20-15-14(19-21-16(15)23)11-4-6-13(22)7-5-11/h1-8,22H,(H2,19,21,23). The van der Waals surface area contributed by atoms with Crippen molar-refractivity contribution in [3.05, 3.63) is 64.4 Å². The van der Waals surface area contributed by atoms with Crippen molar-refractivity contribution in [1.29, 1.82) is 5.26 Å².